The lowest BCUT2D eigenvalue weighted by molar-refractivity contribution is 0.120. The first kappa shape index (κ1) is 22.9. The molecular weight excluding hydrogens is 360 g/mol. The van der Waals surface area contributed by atoms with Crippen molar-refractivity contribution in [3.05, 3.63) is 48.5 Å². The lowest BCUT2D eigenvalue weighted by Gasteiger charge is -2.18. The van der Waals surface area contributed by atoms with Crippen molar-refractivity contribution in [2.24, 2.45) is 0 Å². The Morgan fingerprint density at radius 2 is 1.00 bits per heavy atom. The van der Waals surface area contributed by atoms with E-state index in [2.05, 4.69) is 62.6 Å². The van der Waals surface area contributed by atoms with E-state index in [1.54, 1.807) is 0 Å². The summed E-state index contributed by atoms with van der Waals surface area (Å²) in [6, 6.07) is 17.2. The first-order chi connectivity index (χ1) is 14.2. The molecule has 0 radical (unpaired) electrons. The molecule has 0 heterocycles. The van der Waals surface area contributed by atoms with Crippen molar-refractivity contribution in [3.8, 4) is 11.5 Å². The van der Waals surface area contributed by atoms with Crippen molar-refractivity contribution >= 4 is 11.4 Å². The van der Waals surface area contributed by atoms with Crippen LogP contribution in [0.15, 0.2) is 48.5 Å². The predicted molar refractivity (Wildman–Crippen MR) is 124 cm³/mol. The second-order valence-corrected chi connectivity index (χ2v) is 7.53. The summed E-state index contributed by atoms with van der Waals surface area (Å²) in [6.45, 7) is 9.08. The van der Waals surface area contributed by atoms with E-state index in [1.165, 1.54) is 25.7 Å². The van der Waals surface area contributed by atoms with E-state index in [-0.39, 0.29) is 6.79 Å². The van der Waals surface area contributed by atoms with E-state index >= 15 is 0 Å². The van der Waals surface area contributed by atoms with Crippen molar-refractivity contribution in [2.75, 3.05) is 17.4 Å². The van der Waals surface area contributed by atoms with E-state index in [9.17, 15) is 0 Å². The first-order valence-electron chi connectivity index (χ1n) is 11.2. The van der Waals surface area contributed by atoms with Gasteiger partial charge in [-0.25, -0.2) is 0 Å². The van der Waals surface area contributed by atoms with Gasteiger partial charge in [0.25, 0.3) is 0 Å². The normalized spacial score (nSPS) is 12.8. The molecule has 0 aliphatic carbocycles. The highest BCUT2D eigenvalue weighted by atomic mass is 16.7. The lowest BCUT2D eigenvalue weighted by atomic mass is 10.1. The fourth-order valence-electron chi connectivity index (χ4n) is 3.39. The molecule has 0 aliphatic heterocycles. The summed E-state index contributed by atoms with van der Waals surface area (Å²) in [5.74, 6) is 1.62. The topological polar surface area (TPSA) is 42.5 Å². The Kier molecular flexibility index (Phi) is 10.3. The van der Waals surface area contributed by atoms with Gasteiger partial charge in [-0.3, -0.25) is 0 Å². The summed E-state index contributed by atoms with van der Waals surface area (Å²) in [5.41, 5.74) is 2.27. The van der Waals surface area contributed by atoms with Gasteiger partial charge in [0.05, 0.1) is 0 Å². The molecule has 0 spiro atoms. The van der Waals surface area contributed by atoms with Gasteiger partial charge in [-0.1, -0.05) is 40.5 Å². The molecule has 0 bridgehead atoms. The van der Waals surface area contributed by atoms with Crippen molar-refractivity contribution in [2.45, 2.75) is 78.3 Å². The summed E-state index contributed by atoms with van der Waals surface area (Å²) in [6.07, 6.45) is 7.03. The van der Waals surface area contributed by atoms with Crippen LogP contribution in [0.2, 0.25) is 0 Å². The molecule has 2 N–H and O–H groups in total. The Bertz CT molecular complexity index is 611. The summed E-state index contributed by atoms with van der Waals surface area (Å²) < 4.78 is 11.4. The number of hydrogen-bond acceptors (Lipinski definition) is 4. The molecule has 2 rings (SSSR count). The van der Waals surface area contributed by atoms with E-state index < -0.39 is 0 Å². The van der Waals surface area contributed by atoms with Crippen LogP contribution in [-0.2, 0) is 0 Å². The Labute approximate surface area is 177 Å². The standard InChI is InChI=1S/C25H38N2O2/c1-5-9-20(7-3)26-22-11-15-24(16-12-22)28-19-29-25-17-13-23(14-18-25)27-21(8-4)10-6-2/h11-18,20-21,26-27H,5-10,19H2,1-4H3. The average molecular weight is 399 g/mol. The molecule has 160 valence electrons. The zero-order valence-corrected chi connectivity index (χ0v) is 18.5. The minimum atomic E-state index is 0.195. The maximum absolute atomic E-state index is 5.72. The largest absolute Gasteiger partial charge is 0.458 e. The second-order valence-electron chi connectivity index (χ2n) is 7.53. The number of nitrogens with one attached hydrogen (secondary N) is 2. The monoisotopic (exact) mass is 398 g/mol. The predicted octanol–water partition coefficient (Wildman–Crippen LogP) is 7.08. The molecule has 0 amide bonds. The van der Waals surface area contributed by atoms with Crippen molar-refractivity contribution < 1.29 is 9.47 Å². The van der Waals surface area contributed by atoms with Crippen molar-refractivity contribution in [1.82, 2.24) is 0 Å². The van der Waals surface area contributed by atoms with Gasteiger partial charge in [0, 0.05) is 23.5 Å². The minimum absolute atomic E-state index is 0.195. The third kappa shape index (κ3) is 8.26. The highest BCUT2D eigenvalue weighted by molar-refractivity contribution is 5.48. The molecule has 2 atom stereocenters. The minimum Gasteiger partial charge on any atom is -0.458 e. The highest BCUT2D eigenvalue weighted by Gasteiger charge is 2.06. The van der Waals surface area contributed by atoms with E-state index in [4.69, 9.17) is 9.47 Å². The van der Waals surface area contributed by atoms with Crippen LogP contribution < -0.4 is 20.1 Å². The number of ether oxygens (including phenoxy) is 2. The van der Waals surface area contributed by atoms with Crippen LogP contribution in [0.25, 0.3) is 0 Å². The SMILES string of the molecule is CCCC(CC)Nc1ccc(OCOc2ccc(NC(CC)CCC)cc2)cc1. The van der Waals surface area contributed by atoms with Crippen molar-refractivity contribution in [3.63, 3.8) is 0 Å². The zero-order chi connectivity index (χ0) is 20.9. The lowest BCUT2D eigenvalue weighted by Crippen LogP contribution is -2.17. The Morgan fingerprint density at radius 1 is 0.621 bits per heavy atom. The van der Waals surface area contributed by atoms with E-state index in [0.717, 1.165) is 35.7 Å². The van der Waals surface area contributed by atoms with Gasteiger partial charge in [0.2, 0.25) is 6.79 Å². The van der Waals surface area contributed by atoms with Crippen LogP contribution in [-0.4, -0.2) is 18.9 Å². The van der Waals surface area contributed by atoms with Crippen LogP contribution in [0, 0.1) is 0 Å². The molecule has 2 aromatic carbocycles. The molecule has 2 aromatic rings. The molecule has 4 heteroatoms. The van der Waals surface area contributed by atoms with Gasteiger partial charge in [0.1, 0.15) is 11.5 Å². The van der Waals surface area contributed by atoms with E-state index in [1.807, 2.05) is 24.3 Å². The van der Waals surface area contributed by atoms with Gasteiger partial charge >= 0.3 is 0 Å². The molecule has 2 unspecified atom stereocenters. The van der Waals surface area contributed by atoms with Gasteiger partial charge in [0.15, 0.2) is 0 Å². The van der Waals surface area contributed by atoms with Gasteiger partial charge in [-0.2, -0.15) is 0 Å². The van der Waals surface area contributed by atoms with Crippen molar-refractivity contribution in [1.29, 1.82) is 0 Å². The zero-order valence-electron chi connectivity index (χ0n) is 18.5. The molecular formula is C25H38N2O2. The fraction of sp³-hybridized carbons (Fsp3) is 0.520. The molecule has 0 saturated carbocycles. The van der Waals surface area contributed by atoms with E-state index in [0.29, 0.717) is 12.1 Å². The van der Waals surface area contributed by atoms with Crippen LogP contribution in [0.5, 0.6) is 11.5 Å². The van der Waals surface area contributed by atoms with Gasteiger partial charge < -0.3 is 20.1 Å². The summed E-state index contributed by atoms with van der Waals surface area (Å²) in [7, 11) is 0. The summed E-state index contributed by atoms with van der Waals surface area (Å²) in [4.78, 5) is 0. The van der Waals surface area contributed by atoms with Crippen LogP contribution in [0.1, 0.15) is 66.2 Å². The van der Waals surface area contributed by atoms with Gasteiger partial charge in [-0.15, -0.1) is 0 Å². The highest BCUT2D eigenvalue weighted by Crippen LogP contribution is 2.20. The Balaban J connectivity index is 1.76. The van der Waals surface area contributed by atoms with Crippen LogP contribution in [0.3, 0.4) is 0 Å². The molecule has 0 aliphatic rings. The number of anilines is 2. The molecule has 0 fully saturated rings. The quantitative estimate of drug-likeness (QED) is 0.334. The first-order valence-corrected chi connectivity index (χ1v) is 11.2. The second kappa shape index (κ2) is 13.0. The molecule has 4 nitrogen and oxygen atoms in total. The van der Waals surface area contributed by atoms with Gasteiger partial charge in [-0.05, 0) is 74.2 Å². The number of rotatable bonds is 14. The number of hydrogen-bond donors (Lipinski definition) is 2. The number of benzene rings is 2. The van der Waals surface area contributed by atoms with Crippen LogP contribution in [0.4, 0.5) is 11.4 Å². The molecule has 0 saturated heterocycles. The average Bonchev–Trinajstić information content (AvgIpc) is 2.75. The third-order valence-corrected chi connectivity index (χ3v) is 5.16. The Hall–Kier alpha value is -2.36. The maximum Gasteiger partial charge on any atom is 0.230 e. The Morgan fingerprint density at radius 3 is 1.31 bits per heavy atom. The summed E-state index contributed by atoms with van der Waals surface area (Å²) in [5, 5.41) is 7.15. The molecule has 29 heavy (non-hydrogen) atoms. The summed E-state index contributed by atoms with van der Waals surface area (Å²) >= 11 is 0. The fourth-order valence-corrected chi connectivity index (χ4v) is 3.39. The maximum atomic E-state index is 5.72. The molecule has 0 aromatic heterocycles. The third-order valence-electron chi connectivity index (χ3n) is 5.16. The van der Waals surface area contributed by atoms with Crippen LogP contribution >= 0.6 is 0 Å². The smallest absolute Gasteiger partial charge is 0.230 e.